The van der Waals surface area contributed by atoms with Crippen LogP contribution < -0.4 is 4.68 Å². The molecule has 0 unspecified atom stereocenters. The van der Waals surface area contributed by atoms with E-state index in [1.807, 2.05) is 12.1 Å². The molecule has 0 amide bonds. The lowest BCUT2D eigenvalue weighted by Crippen LogP contribution is -2.35. The molecule has 4 aromatic rings. The fourth-order valence-corrected chi connectivity index (χ4v) is 3.36. The maximum absolute atomic E-state index is 5.00. The molecule has 3 aromatic carbocycles. The average molecular weight is 378 g/mol. The SMILES string of the molecule is CCC(C)=N[n+]1c(-c2ccccc2)cc(-c2ccccc2)cc1-c1ccccc1. The number of nitrogens with zero attached hydrogens (tertiary/aromatic N) is 2. The number of rotatable bonds is 5. The highest BCUT2D eigenvalue weighted by atomic mass is 15.4. The van der Waals surface area contributed by atoms with E-state index in [4.69, 9.17) is 5.10 Å². The average Bonchev–Trinajstić information content (AvgIpc) is 2.80. The van der Waals surface area contributed by atoms with Crippen LogP contribution in [0.15, 0.2) is 108 Å². The van der Waals surface area contributed by atoms with Crippen molar-refractivity contribution in [2.45, 2.75) is 20.3 Å². The Balaban J connectivity index is 2.06. The number of aromatic nitrogens is 1. The Labute approximate surface area is 172 Å². The second-order valence-corrected chi connectivity index (χ2v) is 7.11. The monoisotopic (exact) mass is 377 g/mol. The molecule has 0 fully saturated rings. The Morgan fingerprint density at radius 1 is 0.621 bits per heavy atom. The van der Waals surface area contributed by atoms with Gasteiger partial charge >= 0.3 is 0 Å². The molecule has 0 saturated carbocycles. The zero-order chi connectivity index (χ0) is 20.1. The Hall–Kier alpha value is -3.52. The molecule has 0 N–H and O–H groups in total. The van der Waals surface area contributed by atoms with E-state index in [9.17, 15) is 0 Å². The molecule has 0 radical (unpaired) electrons. The van der Waals surface area contributed by atoms with Gasteiger partial charge < -0.3 is 0 Å². The first-order valence-electron chi connectivity index (χ1n) is 10.1. The quantitative estimate of drug-likeness (QED) is 0.275. The van der Waals surface area contributed by atoms with Crippen molar-refractivity contribution in [2.24, 2.45) is 5.10 Å². The van der Waals surface area contributed by atoms with E-state index in [0.29, 0.717) is 0 Å². The molecule has 0 spiro atoms. The molecule has 142 valence electrons. The van der Waals surface area contributed by atoms with Crippen LogP contribution in [0.4, 0.5) is 0 Å². The van der Waals surface area contributed by atoms with Gasteiger partial charge in [-0.05, 0) is 58.5 Å². The summed E-state index contributed by atoms with van der Waals surface area (Å²) in [6.45, 7) is 4.23. The third-order valence-electron chi connectivity index (χ3n) is 5.07. The Morgan fingerprint density at radius 3 is 1.45 bits per heavy atom. The number of hydrogen-bond acceptors (Lipinski definition) is 1. The summed E-state index contributed by atoms with van der Waals surface area (Å²) in [7, 11) is 0. The summed E-state index contributed by atoms with van der Waals surface area (Å²) < 4.78 is 2.09. The van der Waals surface area contributed by atoms with Gasteiger partial charge in [0.2, 0.25) is 11.4 Å². The van der Waals surface area contributed by atoms with Crippen LogP contribution in [0.5, 0.6) is 0 Å². The minimum atomic E-state index is 0.913. The van der Waals surface area contributed by atoms with Crippen molar-refractivity contribution in [3.63, 3.8) is 0 Å². The normalized spacial score (nSPS) is 11.4. The summed E-state index contributed by atoms with van der Waals surface area (Å²) in [5.41, 5.74) is 7.94. The summed E-state index contributed by atoms with van der Waals surface area (Å²) in [6, 6.07) is 36.0. The Bertz CT molecular complexity index is 1050. The van der Waals surface area contributed by atoms with Gasteiger partial charge in [0.1, 0.15) is 0 Å². The zero-order valence-electron chi connectivity index (χ0n) is 16.9. The molecule has 0 aliphatic rings. The van der Waals surface area contributed by atoms with Crippen LogP contribution in [0, 0.1) is 0 Å². The summed E-state index contributed by atoms with van der Waals surface area (Å²) in [4.78, 5) is 0. The van der Waals surface area contributed by atoms with Crippen molar-refractivity contribution in [1.82, 2.24) is 0 Å². The molecular weight excluding hydrogens is 352 g/mol. The number of hydrogen-bond donors (Lipinski definition) is 0. The lowest BCUT2D eigenvalue weighted by molar-refractivity contribution is -0.656. The van der Waals surface area contributed by atoms with Gasteiger partial charge in [-0.3, -0.25) is 0 Å². The molecule has 1 heterocycles. The third-order valence-corrected chi connectivity index (χ3v) is 5.07. The Morgan fingerprint density at radius 2 is 1.03 bits per heavy atom. The van der Waals surface area contributed by atoms with E-state index in [-0.39, 0.29) is 0 Å². The zero-order valence-corrected chi connectivity index (χ0v) is 16.9. The molecule has 2 nitrogen and oxygen atoms in total. The topological polar surface area (TPSA) is 16.2 Å². The van der Waals surface area contributed by atoms with Crippen LogP contribution in [0.25, 0.3) is 33.6 Å². The molecule has 1 aromatic heterocycles. The maximum atomic E-state index is 5.00. The van der Waals surface area contributed by atoms with Crippen LogP contribution >= 0.6 is 0 Å². The predicted molar refractivity (Wildman–Crippen MR) is 122 cm³/mol. The highest BCUT2D eigenvalue weighted by molar-refractivity contribution is 5.81. The van der Waals surface area contributed by atoms with Gasteiger partial charge in [0.15, 0.2) is 0 Å². The van der Waals surface area contributed by atoms with Gasteiger partial charge in [0.25, 0.3) is 0 Å². The molecule has 0 atom stereocenters. The van der Waals surface area contributed by atoms with Gasteiger partial charge in [0, 0.05) is 23.3 Å². The van der Waals surface area contributed by atoms with E-state index < -0.39 is 0 Å². The number of benzene rings is 3. The second-order valence-electron chi connectivity index (χ2n) is 7.11. The lowest BCUT2D eigenvalue weighted by atomic mass is 10.00. The standard InChI is InChI=1S/C27H25N2/c1-3-21(2)28-29-26(23-15-9-5-10-16-23)19-25(22-13-7-4-8-14-22)20-27(29)24-17-11-6-12-18-24/h4-20H,3H2,1-2H3/q+1. The van der Waals surface area contributed by atoms with E-state index >= 15 is 0 Å². The van der Waals surface area contributed by atoms with Crippen molar-refractivity contribution in [3.8, 4) is 33.6 Å². The maximum Gasteiger partial charge on any atom is 0.246 e. The first-order valence-corrected chi connectivity index (χ1v) is 10.1. The van der Waals surface area contributed by atoms with Crippen LogP contribution in [-0.4, -0.2) is 5.71 Å². The first kappa shape index (κ1) is 18.8. The summed E-state index contributed by atoms with van der Waals surface area (Å²) in [6.07, 6.45) is 0.913. The third kappa shape index (κ3) is 4.17. The smallest absolute Gasteiger partial charge is 0.0622 e. The number of pyridine rings is 1. The highest BCUT2D eigenvalue weighted by Gasteiger charge is 2.23. The summed E-state index contributed by atoms with van der Waals surface area (Å²) in [5.74, 6) is 0. The van der Waals surface area contributed by atoms with Gasteiger partial charge in [-0.2, -0.15) is 0 Å². The molecule has 0 aliphatic carbocycles. The van der Waals surface area contributed by atoms with Crippen LogP contribution in [0.1, 0.15) is 20.3 Å². The Kier molecular flexibility index (Phi) is 5.62. The summed E-state index contributed by atoms with van der Waals surface area (Å²) >= 11 is 0. The molecule has 4 rings (SSSR count). The predicted octanol–water partition coefficient (Wildman–Crippen LogP) is 6.61. The van der Waals surface area contributed by atoms with Gasteiger partial charge in [-0.1, -0.05) is 73.7 Å². The lowest BCUT2D eigenvalue weighted by Gasteiger charge is -2.09. The fraction of sp³-hybridized carbons (Fsp3) is 0.111. The minimum Gasteiger partial charge on any atom is -0.0622 e. The highest BCUT2D eigenvalue weighted by Crippen LogP contribution is 2.29. The first-order chi connectivity index (χ1) is 14.3. The van der Waals surface area contributed by atoms with Crippen molar-refractivity contribution in [2.75, 3.05) is 0 Å². The van der Waals surface area contributed by atoms with E-state index in [2.05, 4.69) is 110 Å². The van der Waals surface area contributed by atoms with Crippen LogP contribution in [0.2, 0.25) is 0 Å². The van der Waals surface area contributed by atoms with Gasteiger partial charge in [-0.15, -0.1) is 0 Å². The van der Waals surface area contributed by atoms with Gasteiger partial charge in [0.05, 0.1) is 5.71 Å². The van der Waals surface area contributed by atoms with E-state index in [0.717, 1.165) is 34.6 Å². The molecule has 0 aliphatic heterocycles. The van der Waals surface area contributed by atoms with Crippen molar-refractivity contribution in [3.05, 3.63) is 103 Å². The summed E-state index contributed by atoms with van der Waals surface area (Å²) in [5, 5.41) is 5.00. The van der Waals surface area contributed by atoms with Crippen LogP contribution in [-0.2, 0) is 0 Å². The van der Waals surface area contributed by atoms with Crippen LogP contribution in [0.3, 0.4) is 0 Å². The van der Waals surface area contributed by atoms with E-state index in [1.54, 1.807) is 0 Å². The second kappa shape index (κ2) is 8.66. The van der Waals surface area contributed by atoms with Crippen molar-refractivity contribution < 1.29 is 4.68 Å². The van der Waals surface area contributed by atoms with Crippen molar-refractivity contribution >= 4 is 5.71 Å². The minimum absolute atomic E-state index is 0.913. The fourth-order valence-electron chi connectivity index (χ4n) is 3.36. The molecule has 29 heavy (non-hydrogen) atoms. The molecular formula is C27H25N2+. The van der Waals surface area contributed by atoms with Crippen molar-refractivity contribution in [1.29, 1.82) is 0 Å². The molecule has 0 saturated heterocycles. The molecule has 0 bridgehead atoms. The van der Waals surface area contributed by atoms with E-state index in [1.165, 1.54) is 11.1 Å². The van der Waals surface area contributed by atoms with Gasteiger partial charge in [-0.25, -0.2) is 0 Å². The largest absolute Gasteiger partial charge is 0.246 e. The molecule has 2 heteroatoms.